The van der Waals surface area contributed by atoms with E-state index >= 15 is 0 Å². The van der Waals surface area contributed by atoms with Crippen molar-refractivity contribution in [1.82, 2.24) is 24.9 Å². The molecule has 2 fully saturated rings. The van der Waals surface area contributed by atoms with Gasteiger partial charge in [0.05, 0.1) is 34.3 Å². The zero-order valence-corrected chi connectivity index (χ0v) is 19.1. The first-order valence-corrected chi connectivity index (χ1v) is 11.4. The number of fused-ring (bicyclic) bond motifs is 1. The number of rotatable bonds is 6. The number of aromatic nitrogens is 4. The van der Waals surface area contributed by atoms with Crippen LogP contribution in [0, 0.1) is 5.41 Å². The molecular formula is C22H23Cl2N5O3. The third-order valence-corrected chi connectivity index (χ3v) is 7.27. The number of nitrogens with zero attached hydrogens (tertiary/aromatic N) is 4. The fraction of sp³-hybridized carbons (Fsp3) is 0.455. The summed E-state index contributed by atoms with van der Waals surface area (Å²) in [6, 6.07) is 3.53. The number of likely N-dealkylation sites (tertiary alicyclic amines) is 1. The predicted molar refractivity (Wildman–Crippen MR) is 123 cm³/mol. The molecule has 1 saturated heterocycles. The van der Waals surface area contributed by atoms with E-state index in [1.165, 1.54) is 4.68 Å². The molecule has 1 aromatic carbocycles. The first kappa shape index (κ1) is 21.4. The fourth-order valence-electron chi connectivity index (χ4n) is 4.96. The van der Waals surface area contributed by atoms with Crippen LogP contribution in [0.25, 0.3) is 10.8 Å². The summed E-state index contributed by atoms with van der Waals surface area (Å²) in [6.45, 7) is 3.07. The van der Waals surface area contributed by atoms with Crippen molar-refractivity contribution in [1.29, 1.82) is 0 Å². The highest BCUT2D eigenvalue weighted by molar-refractivity contribution is 6.35. The quantitative estimate of drug-likeness (QED) is 0.588. The molecule has 1 aliphatic heterocycles. The molecule has 0 radical (unpaired) electrons. The van der Waals surface area contributed by atoms with Crippen LogP contribution in [0.3, 0.4) is 0 Å². The van der Waals surface area contributed by atoms with Crippen molar-refractivity contribution in [3.63, 3.8) is 0 Å². The predicted octanol–water partition coefficient (Wildman–Crippen LogP) is 2.80. The van der Waals surface area contributed by atoms with Gasteiger partial charge in [0.2, 0.25) is 0 Å². The summed E-state index contributed by atoms with van der Waals surface area (Å²) < 4.78 is 7.50. The van der Waals surface area contributed by atoms with E-state index in [0.29, 0.717) is 27.0 Å². The zero-order valence-electron chi connectivity index (χ0n) is 17.6. The van der Waals surface area contributed by atoms with Gasteiger partial charge in [-0.2, -0.15) is 10.2 Å². The second-order valence-corrected chi connectivity index (χ2v) is 9.69. The molecule has 0 amide bonds. The Morgan fingerprint density at radius 2 is 2.00 bits per heavy atom. The van der Waals surface area contributed by atoms with Crippen molar-refractivity contribution < 1.29 is 4.74 Å². The van der Waals surface area contributed by atoms with Gasteiger partial charge in [0, 0.05) is 25.6 Å². The molecule has 3 aromatic rings. The molecule has 2 aromatic heterocycles. The van der Waals surface area contributed by atoms with Crippen LogP contribution in [0.5, 0.6) is 5.75 Å². The van der Waals surface area contributed by atoms with E-state index in [9.17, 15) is 9.59 Å². The lowest BCUT2D eigenvalue weighted by atomic mass is 9.61. The summed E-state index contributed by atoms with van der Waals surface area (Å²) in [5, 5.41) is 12.0. The van der Waals surface area contributed by atoms with Crippen LogP contribution in [0.15, 0.2) is 34.1 Å². The van der Waals surface area contributed by atoms with Gasteiger partial charge in [-0.05, 0) is 49.9 Å². The Kier molecular flexibility index (Phi) is 5.47. The Hall–Kier alpha value is -2.42. The molecule has 2 aliphatic rings. The van der Waals surface area contributed by atoms with Crippen LogP contribution >= 0.6 is 23.2 Å². The van der Waals surface area contributed by atoms with E-state index in [2.05, 4.69) is 20.2 Å². The van der Waals surface area contributed by atoms with E-state index in [4.69, 9.17) is 27.9 Å². The average Bonchev–Trinajstić information content (AvgIpc) is 2.71. The molecule has 5 rings (SSSR count). The Bertz CT molecular complexity index is 1290. The van der Waals surface area contributed by atoms with Crippen LogP contribution in [0.1, 0.15) is 24.8 Å². The molecule has 8 nitrogen and oxygen atoms in total. The first-order valence-electron chi connectivity index (χ1n) is 10.6. The number of benzene rings is 1. The van der Waals surface area contributed by atoms with Crippen LogP contribution in [0.4, 0.5) is 0 Å². The molecule has 168 valence electrons. The van der Waals surface area contributed by atoms with Crippen molar-refractivity contribution in [3.05, 3.63) is 60.8 Å². The van der Waals surface area contributed by atoms with Crippen LogP contribution in [0.2, 0.25) is 10.0 Å². The Morgan fingerprint density at radius 1 is 1.22 bits per heavy atom. The van der Waals surface area contributed by atoms with E-state index < -0.39 is 0 Å². The normalized spacial score (nSPS) is 18.0. The number of hydrogen-bond donors (Lipinski definition) is 1. The molecule has 1 saturated carbocycles. The summed E-state index contributed by atoms with van der Waals surface area (Å²) in [7, 11) is 1.61. The minimum Gasteiger partial charge on any atom is -0.490 e. The van der Waals surface area contributed by atoms with Gasteiger partial charge in [-0.15, -0.1) is 0 Å². The number of aryl methyl sites for hydroxylation is 2. The van der Waals surface area contributed by atoms with Crippen LogP contribution in [-0.2, 0) is 13.5 Å². The number of halogens is 2. The molecule has 1 aliphatic carbocycles. The number of H-pyrrole nitrogens is 1. The van der Waals surface area contributed by atoms with Crippen molar-refractivity contribution >= 4 is 34.0 Å². The van der Waals surface area contributed by atoms with Crippen molar-refractivity contribution in [2.45, 2.75) is 31.8 Å². The van der Waals surface area contributed by atoms with E-state index in [1.54, 1.807) is 25.5 Å². The van der Waals surface area contributed by atoms with Gasteiger partial charge in [0.25, 0.3) is 11.1 Å². The van der Waals surface area contributed by atoms with Gasteiger partial charge in [-0.3, -0.25) is 9.59 Å². The summed E-state index contributed by atoms with van der Waals surface area (Å²) in [4.78, 5) is 26.4. The summed E-state index contributed by atoms with van der Waals surface area (Å²) in [5.41, 5.74) is 0.555. The Balaban J connectivity index is 1.13. The summed E-state index contributed by atoms with van der Waals surface area (Å²) in [6.07, 6.45) is 7.06. The van der Waals surface area contributed by atoms with Gasteiger partial charge in [0.15, 0.2) is 0 Å². The molecule has 1 N–H and O–H groups in total. The second kappa shape index (κ2) is 8.17. The Labute approximate surface area is 194 Å². The first-order chi connectivity index (χ1) is 15.3. The fourth-order valence-corrected chi connectivity index (χ4v) is 5.39. The lowest BCUT2D eigenvalue weighted by molar-refractivity contribution is -0.118. The van der Waals surface area contributed by atoms with Crippen molar-refractivity contribution in [2.24, 2.45) is 12.5 Å². The van der Waals surface area contributed by atoms with Crippen LogP contribution in [-0.4, -0.2) is 50.6 Å². The highest BCUT2D eigenvalue weighted by atomic mass is 35.5. The maximum atomic E-state index is 12.4. The van der Waals surface area contributed by atoms with E-state index in [0.717, 1.165) is 50.9 Å². The number of hydrogen-bond acceptors (Lipinski definition) is 6. The maximum absolute atomic E-state index is 12.4. The SMILES string of the molecule is Cn1ncc2c(OC3CC4(C3)CN(CCCc3cn[nH]c(=O)c3Cl)C4)ccc(Cl)c2c1=O. The number of aromatic amines is 1. The van der Waals surface area contributed by atoms with Gasteiger partial charge in [-0.1, -0.05) is 23.2 Å². The molecule has 10 heteroatoms. The maximum Gasteiger partial charge on any atom is 0.283 e. The standard InChI is InChI=1S/C22H23Cl2N5O3/c1-28-21(31)18-15(10-26-28)17(5-4-16(18)23)32-14-7-22(8-14)11-29(12-22)6-2-3-13-9-25-27-20(30)19(13)24/h4-5,9-10,14H,2-3,6-8,11-12H2,1H3,(H,27,30). The number of nitrogens with one attached hydrogen (secondary N) is 1. The number of ether oxygens (including phenoxy) is 1. The molecule has 0 bridgehead atoms. The Morgan fingerprint density at radius 3 is 2.78 bits per heavy atom. The summed E-state index contributed by atoms with van der Waals surface area (Å²) >= 11 is 12.3. The minimum absolute atomic E-state index is 0.131. The summed E-state index contributed by atoms with van der Waals surface area (Å²) in [5.74, 6) is 0.661. The molecule has 0 atom stereocenters. The largest absolute Gasteiger partial charge is 0.490 e. The van der Waals surface area contributed by atoms with E-state index in [-0.39, 0.29) is 22.2 Å². The van der Waals surface area contributed by atoms with Gasteiger partial charge in [-0.25, -0.2) is 9.78 Å². The highest BCUT2D eigenvalue weighted by Crippen LogP contribution is 2.50. The molecular weight excluding hydrogens is 453 g/mol. The second-order valence-electron chi connectivity index (χ2n) is 8.91. The monoisotopic (exact) mass is 475 g/mol. The lowest BCUT2D eigenvalue weighted by Crippen LogP contribution is -2.64. The highest BCUT2D eigenvalue weighted by Gasteiger charge is 2.53. The molecule has 1 spiro atoms. The topological polar surface area (TPSA) is 93.1 Å². The van der Waals surface area contributed by atoms with Crippen LogP contribution < -0.4 is 15.9 Å². The molecule has 0 unspecified atom stereocenters. The van der Waals surface area contributed by atoms with Gasteiger partial charge >= 0.3 is 0 Å². The van der Waals surface area contributed by atoms with Gasteiger partial charge < -0.3 is 9.64 Å². The third-order valence-electron chi connectivity index (χ3n) is 6.54. The third kappa shape index (κ3) is 3.80. The van der Waals surface area contributed by atoms with Gasteiger partial charge in [0.1, 0.15) is 10.8 Å². The smallest absolute Gasteiger partial charge is 0.283 e. The van der Waals surface area contributed by atoms with E-state index in [1.807, 2.05) is 6.07 Å². The zero-order chi connectivity index (χ0) is 22.5. The van der Waals surface area contributed by atoms with Crippen molar-refractivity contribution in [3.8, 4) is 5.75 Å². The lowest BCUT2D eigenvalue weighted by Gasteiger charge is -2.58. The average molecular weight is 476 g/mol. The van der Waals surface area contributed by atoms with Crippen molar-refractivity contribution in [2.75, 3.05) is 19.6 Å². The molecule has 3 heterocycles. The molecule has 32 heavy (non-hydrogen) atoms. The minimum atomic E-state index is -0.336.